The van der Waals surface area contributed by atoms with Gasteiger partial charge in [-0.3, -0.25) is 4.55 Å². The predicted molar refractivity (Wildman–Crippen MR) is 65.5 cm³/mol. The van der Waals surface area contributed by atoms with Gasteiger partial charge in [-0.25, -0.2) is 0 Å². The van der Waals surface area contributed by atoms with Crippen molar-refractivity contribution in [3.63, 3.8) is 0 Å². The van der Waals surface area contributed by atoms with E-state index in [4.69, 9.17) is 14.8 Å². The maximum absolute atomic E-state index is 10.6. The fourth-order valence-electron chi connectivity index (χ4n) is 1.47. The van der Waals surface area contributed by atoms with Crippen LogP contribution in [0.5, 0.6) is 0 Å². The van der Waals surface area contributed by atoms with Crippen molar-refractivity contribution in [2.75, 3.05) is 38.6 Å². The van der Waals surface area contributed by atoms with E-state index in [1.54, 1.807) is 0 Å². The van der Waals surface area contributed by atoms with Gasteiger partial charge in [-0.15, -0.1) is 0 Å². The largest absolute Gasteiger partial charge is 0.396 e. The fraction of sp³-hybridized carbons (Fsp3) is 1.00. The topological polar surface area (TPSA) is 98.1 Å². The second-order valence-electron chi connectivity index (χ2n) is 3.99. The van der Waals surface area contributed by atoms with Crippen molar-refractivity contribution < 1.29 is 23.2 Å². The van der Waals surface area contributed by atoms with Gasteiger partial charge in [-0.05, 0) is 38.8 Å². The second kappa shape index (κ2) is 9.78. The minimum absolute atomic E-state index is 0.128. The van der Waals surface area contributed by atoms with Crippen molar-refractivity contribution in [3.05, 3.63) is 0 Å². The highest BCUT2D eigenvalue weighted by molar-refractivity contribution is 7.85. The van der Waals surface area contributed by atoms with Crippen LogP contribution in [-0.2, 0) is 10.1 Å². The molecule has 0 rings (SSSR count). The molecule has 6 nitrogen and oxygen atoms in total. The maximum Gasteiger partial charge on any atom is 0.266 e. The summed E-state index contributed by atoms with van der Waals surface area (Å²) in [4.78, 5) is 1.93. The Morgan fingerprint density at radius 3 is 1.65 bits per heavy atom. The first-order chi connectivity index (χ1) is 7.99. The lowest BCUT2D eigenvalue weighted by atomic mass is 10.2. The predicted octanol–water partition coefficient (Wildman–Crippen LogP) is -0.279. The lowest BCUT2D eigenvalue weighted by molar-refractivity contribution is 0.232. The number of hydrogen-bond acceptors (Lipinski definition) is 5. The van der Waals surface area contributed by atoms with E-state index in [1.165, 1.54) is 0 Å². The van der Waals surface area contributed by atoms with Crippen LogP contribution in [0.25, 0.3) is 0 Å². The van der Waals surface area contributed by atoms with Crippen molar-refractivity contribution in [1.82, 2.24) is 4.90 Å². The molecule has 104 valence electrons. The average Bonchev–Trinajstić information content (AvgIpc) is 2.24. The third-order valence-electron chi connectivity index (χ3n) is 2.43. The molecule has 0 fully saturated rings. The van der Waals surface area contributed by atoms with Crippen LogP contribution in [0.1, 0.15) is 25.7 Å². The Labute approximate surface area is 103 Å². The zero-order chi connectivity index (χ0) is 13.1. The molecule has 0 aromatic rings. The average molecular weight is 269 g/mol. The summed E-state index contributed by atoms with van der Waals surface area (Å²) >= 11 is 0. The summed E-state index contributed by atoms with van der Waals surface area (Å²) in [6, 6.07) is 0. The quantitative estimate of drug-likeness (QED) is 0.352. The standard InChI is InChI=1S/C10H23NO5S/c12-8-3-1-5-11(6-2-4-9-13)7-10-17(14,15)16/h12-13H,1-10H2,(H,14,15,16). The fourth-order valence-corrected chi connectivity index (χ4v) is 1.96. The molecule has 0 spiro atoms. The minimum Gasteiger partial charge on any atom is -0.396 e. The molecular formula is C10H23NO5S. The summed E-state index contributed by atoms with van der Waals surface area (Å²) in [6.45, 7) is 1.93. The zero-order valence-corrected chi connectivity index (χ0v) is 10.9. The van der Waals surface area contributed by atoms with Crippen LogP contribution in [-0.4, -0.2) is 66.7 Å². The Hall–Kier alpha value is -0.210. The molecule has 0 aliphatic rings. The third-order valence-corrected chi connectivity index (χ3v) is 3.13. The lowest BCUT2D eigenvalue weighted by Gasteiger charge is -2.21. The highest BCUT2D eigenvalue weighted by Gasteiger charge is 2.10. The van der Waals surface area contributed by atoms with Gasteiger partial charge in [-0.1, -0.05) is 0 Å². The number of aliphatic hydroxyl groups excluding tert-OH is 2. The maximum atomic E-state index is 10.6. The van der Waals surface area contributed by atoms with Crippen LogP contribution in [0, 0.1) is 0 Å². The third kappa shape index (κ3) is 12.0. The van der Waals surface area contributed by atoms with Gasteiger partial charge >= 0.3 is 0 Å². The number of unbranched alkanes of at least 4 members (excludes halogenated alkanes) is 2. The van der Waals surface area contributed by atoms with Gasteiger partial charge in [0, 0.05) is 19.8 Å². The molecule has 3 N–H and O–H groups in total. The summed E-state index contributed by atoms with van der Waals surface area (Å²) in [5.74, 6) is -0.273. The van der Waals surface area contributed by atoms with E-state index in [0.717, 1.165) is 12.8 Å². The first-order valence-corrected chi connectivity index (χ1v) is 7.49. The highest BCUT2D eigenvalue weighted by Crippen LogP contribution is 2.00. The smallest absolute Gasteiger partial charge is 0.266 e. The van der Waals surface area contributed by atoms with Crippen molar-refractivity contribution >= 4 is 10.1 Å². The van der Waals surface area contributed by atoms with E-state index in [2.05, 4.69) is 0 Å². The molecule has 0 saturated heterocycles. The van der Waals surface area contributed by atoms with E-state index < -0.39 is 10.1 Å². The number of rotatable bonds is 11. The summed E-state index contributed by atoms with van der Waals surface area (Å²) in [7, 11) is -3.92. The van der Waals surface area contributed by atoms with Crippen LogP contribution < -0.4 is 0 Å². The van der Waals surface area contributed by atoms with Crippen LogP contribution >= 0.6 is 0 Å². The van der Waals surface area contributed by atoms with Crippen molar-refractivity contribution in [2.45, 2.75) is 25.7 Å². The molecule has 0 amide bonds. The molecule has 7 heteroatoms. The van der Waals surface area contributed by atoms with Crippen molar-refractivity contribution in [3.8, 4) is 0 Å². The molecule has 0 aromatic heterocycles. The number of hydrogen-bond donors (Lipinski definition) is 3. The van der Waals surface area contributed by atoms with Gasteiger partial charge in [0.1, 0.15) is 0 Å². The number of aliphatic hydroxyl groups is 2. The normalized spacial score (nSPS) is 12.2. The Morgan fingerprint density at radius 2 is 1.29 bits per heavy atom. The number of nitrogens with zero attached hydrogens (tertiary/aromatic N) is 1. The Morgan fingerprint density at radius 1 is 0.824 bits per heavy atom. The Kier molecular flexibility index (Phi) is 9.66. The molecule has 0 aromatic carbocycles. The summed E-state index contributed by atoms with van der Waals surface area (Å²) in [6.07, 6.45) is 2.95. The van der Waals surface area contributed by atoms with E-state index in [9.17, 15) is 8.42 Å². The van der Waals surface area contributed by atoms with E-state index in [-0.39, 0.29) is 25.5 Å². The molecule has 0 radical (unpaired) electrons. The second-order valence-corrected chi connectivity index (χ2v) is 5.56. The molecular weight excluding hydrogens is 246 g/mol. The molecule has 0 aliphatic heterocycles. The Balaban J connectivity index is 3.92. The van der Waals surface area contributed by atoms with Crippen molar-refractivity contribution in [1.29, 1.82) is 0 Å². The zero-order valence-electron chi connectivity index (χ0n) is 10.1. The summed E-state index contributed by atoms with van der Waals surface area (Å²) < 4.78 is 30.0. The van der Waals surface area contributed by atoms with Crippen LogP contribution in [0.3, 0.4) is 0 Å². The van der Waals surface area contributed by atoms with Gasteiger partial charge in [-0.2, -0.15) is 8.42 Å². The van der Waals surface area contributed by atoms with E-state index in [0.29, 0.717) is 25.9 Å². The van der Waals surface area contributed by atoms with Gasteiger partial charge in [0.15, 0.2) is 0 Å². The molecule has 0 atom stereocenters. The summed E-state index contributed by atoms with van der Waals surface area (Å²) in [5, 5.41) is 17.3. The first kappa shape index (κ1) is 16.8. The van der Waals surface area contributed by atoms with Gasteiger partial charge in [0.2, 0.25) is 0 Å². The van der Waals surface area contributed by atoms with Crippen LogP contribution in [0.15, 0.2) is 0 Å². The molecule has 0 aliphatic carbocycles. The van der Waals surface area contributed by atoms with Crippen LogP contribution in [0.4, 0.5) is 0 Å². The summed E-state index contributed by atoms with van der Waals surface area (Å²) in [5.41, 5.74) is 0. The lowest BCUT2D eigenvalue weighted by Crippen LogP contribution is -2.31. The Bertz CT molecular complexity index is 258. The van der Waals surface area contributed by atoms with Gasteiger partial charge < -0.3 is 15.1 Å². The van der Waals surface area contributed by atoms with Gasteiger partial charge in [0.25, 0.3) is 10.1 Å². The molecule has 0 bridgehead atoms. The molecule has 0 unspecified atom stereocenters. The SMILES string of the molecule is O=S(=O)(O)CCN(CCCCO)CCCCO. The first-order valence-electron chi connectivity index (χ1n) is 5.89. The minimum atomic E-state index is -3.92. The molecule has 0 saturated carbocycles. The monoisotopic (exact) mass is 269 g/mol. The van der Waals surface area contributed by atoms with E-state index >= 15 is 0 Å². The molecule has 17 heavy (non-hydrogen) atoms. The van der Waals surface area contributed by atoms with Crippen LogP contribution in [0.2, 0.25) is 0 Å². The van der Waals surface area contributed by atoms with Gasteiger partial charge in [0.05, 0.1) is 5.75 Å². The molecule has 0 heterocycles. The highest BCUT2D eigenvalue weighted by atomic mass is 32.2. The van der Waals surface area contributed by atoms with E-state index in [1.807, 2.05) is 4.90 Å². The van der Waals surface area contributed by atoms with Crippen molar-refractivity contribution in [2.24, 2.45) is 0 Å².